The van der Waals surface area contributed by atoms with Gasteiger partial charge in [0.15, 0.2) is 0 Å². The maximum Gasteiger partial charge on any atom is 0.242 e. The van der Waals surface area contributed by atoms with Crippen molar-refractivity contribution in [1.29, 1.82) is 0 Å². The molecule has 22 heavy (non-hydrogen) atoms. The third-order valence-electron chi connectivity index (χ3n) is 4.30. The number of nitrogens with zero attached hydrogens (tertiary/aromatic N) is 1. The predicted molar refractivity (Wildman–Crippen MR) is 85.9 cm³/mol. The molecular formula is C17H26N2O3. The Kier molecular flexibility index (Phi) is 5.08. The molecule has 5 nitrogen and oxygen atoms in total. The third kappa shape index (κ3) is 3.42. The van der Waals surface area contributed by atoms with Gasteiger partial charge in [-0.25, -0.2) is 0 Å². The van der Waals surface area contributed by atoms with Gasteiger partial charge in [-0.05, 0) is 43.4 Å². The summed E-state index contributed by atoms with van der Waals surface area (Å²) in [5.74, 6) is 0.888. The highest BCUT2D eigenvalue weighted by molar-refractivity contribution is 5.86. The van der Waals surface area contributed by atoms with E-state index in [-0.39, 0.29) is 5.91 Å². The van der Waals surface area contributed by atoms with E-state index in [2.05, 4.69) is 12.1 Å². The molecule has 0 aliphatic carbocycles. The Hall–Kier alpha value is -1.59. The molecule has 122 valence electrons. The van der Waals surface area contributed by atoms with E-state index >= 15 is 0 Å². The summed E-state index contributed by atoms with van der Waals surface area (Å²) in [6.07, 6.45) is 1.16. The Morgan fingerprint density at radius 2 is 1.86 bits per heavy atom. The van der Waals surface area contributed by atoms with Crippen LogP contribution in [0.2, 0.25) is 0 Å². The second kappa shape index (κ2) is 6.67. The number of carbonyl (C=O) groups is 1. The van der Waals surface area contributed by atoms with Crippen LogP contribution in [0, 0.1) is 13.8 Å². The van der Waals surface area contributed by atoms with Crippen LogP contribution < -0.4 is 10.5 Å². The number of amides is 1. The monoisotopic (exact) mass is 306 g/mol. The molecule has 1 saturated heterocycles. The Bertz CT molecular complexity index is 528. The van der Waals surface area contributed by atoms with Gasteiger partial charge in [-0.1, -0.05) is 12.1 Å². The van der Waals surface area contributed by atoms with Gasteiger partial charge in [-0.2, -0.15) is 0 Å². The van der Waals surface area contributed by atoms with E-state index in [1.165, 1.54) is 0 Å². The lowest BCUT2D eigenvalue weighted by Crippen LogP contribution is -2.57. The lowest BCUT2D eigenvalue weighted by atomic mass is 9.89. The normalized spacial score (nSPS) is 17.1. The Labute approximate surface area is 132 Å². The largest absolute Gasteiger partial charge is 0.496 e. The van der Waals surface area contributed by atoms with E-state index in [4.69, 9.17) is 15.2 Å². The molecule has 1 fully saturated rings. The number of rotatable bonds is 4. The average Bonchev–Trinajstić information content (AvgIpc) is 2.47. The topological polar surface area (TPSA) is 64.8 Å². The van der Waals surface area contributed by atoms with Crippen LogP contribution in [-0.2, 0) is 16.1 Å². The quantitative estimate of drug-likeness (QED) is 0.921. The van der Waals surface area contributed by atoms with Gasteiger partial charge in [0.25, 0.3) is 0 Å². The summed E-state index contributed by atoms with van der Waals surface area (Å²) >= 11 is 0. The van der Waals surface area contributed by atoms with Crippen molar-refractivity contribution in [2.24, 2.45) is 5.73 Å². The number of benzene rings is 1. The van der Waals surface area contributed by atoms with Gasteiger partial charge in [0.2, 0.25) is 5.91 Å². The van der Waals surface area contributed by atoms with Gasteiger partial charge < -0.3 is 20.1 Å². The lowest BCUT2D eigenvalue weighted by Gasteiger charge is -2.35. The number of hydrogen-bond acceptors (Lipinski definition) is 4. The summed E-state index contributed by atoms with van der Waals surface area (Å²) in [5, 5.41) is 0. The first-order valence-electron chi connectivity index (χ1n) is 7.63. The van der Waals surface area contributed by atoms with Crippen molar-refractivity contribution in [3.05, 3.63) is 28.8 Å². The lowest BCUT2D eigenvalue weighted by molar-refractivity contribution is -0.139. The van der Waals surface area contributed by atoms with Crippen LogP contribution in [0.25, 0.3) is 0 Å². The van der Waals surface area contributed by atoms with Crippen LogP contribution in [0.4, 0.5) is 0 Å². The van der Waals surface area contributed by atoms with Crippen LogP contribution in [0.5, 0.6) is 5.75 Å². The first-order chi connectivity index (χ1) is 10.4. The maximum absolute atomic E-state index is 12.6. The molecule has 0 aromatic heterocycles. The number of ether oxygens (including phenoxy) is 2. The van der Waals surface area contributed by atoms with Gasteiger partial charge in [0, 0.05) is 26.8 Å². The summed E-state index contributed by atoms with van der Waals surface area (Å²) in [6, 6.07) is 4.12. The SMILES string of the molecule is COc1c(C)cc(CN(C)C(=O)C2(N)CCOCC2)cc1C. The fourth-order valence-electron chi connectivity index (χ4n) is 3.13. The molecule has 2 rings (SSSR count). The first kappa shape index (κ1) is 16.8. The fraction of sp³-hybridized carbons (Fsp3) is 0.588. The fourth-order valence-corrected chi connectivity index (χ4v) is 3.13. The summed E-state index contributed by atoms with van der Waals surface area (Å²) in [4.78, 5) is 14.4. The minimum absolute atomic E-state index is 0.0121. The van der Waals surface area contributed by atoms with E-state index in [1.54, 1.807) is 19.1 Å². The molecule has 1 aliphatic rings. The molecule has 1 heterocycles. The molecule has 0 saturated carbocycles. The van der Waals surface area contributed by atoms with Crippen molar-refractivity contribution >= 4 is 5.91 Å². The Balaban J connectivity index is 2.11. The average molecular weight is 306 g/mol. The molecule has 0 unspecified atom stereocenters. The second-order valence-corrected chi connectivity index (χ2v) is 6.19. The molecule has 2 N–H and O–H groups in total. The third-order valence-corrected chi connectivity index (χ3v) is 4.30. The molecule has 0 spiro atoms. The number of likely N-dealkylation sites (N-methyl/N-ethyl adjacent to an activating group) is 1. The van der Waals surface area contributed by atoms with Gasteiger partial charge in [-0.15, -0.1) is 0 Å². The van der Waals surface area contributed by atoms with Gasteiger partial charge >= 0.3 is 0 Å². The van der Waals surface area contributed by atoms with Crippen LogP contribution in [0.3, 0.4) is 0 Å². The van der Waals surface area contributed by atoms with E-state index in [9.17, 15) is 4.79 Å². The molecule has 1 aliphatic heterocycles. The number of nitrogens with two attached hydrogens (primary N) is 1. The van der Waals surface area contributed by atoms with Gasteiger partial charge in [0.1, 0.15) is 5.75 Å². The van der Waals surface area contributed by atoms with E-state index in [0.29, 0.717) is 32.6 Å². The van der Waals surface area contributed by atoms with Crippen molar-refractivity contribution < 1.29 is 14.3 Å². The smallest absolute Gasteiger partial charge is 0.242 e. The van der Waals surface area contributed by atoms with E-state index < -0.39 is 5.54 Å². The van der Waals surface area contributed by atoms with Crippen LogP contribution in [0.1, 0.15) is 29.5 Å². The van der Waals surface area contributed by atoms with Crippen molar-refractivity contribution in [1.82, 2.24) is 4.90 Å². The summed E-state index contributed by atoms with van der Waals surface area (Å²) in [7, 11) is 3.48. The number of carbonyl (C=O) groups excluding carboxylic acids is 1. The highest BCUT2D eigenvalue weighted by atomic mass is 16.5. The van der Waals surface area contributed by atoms with Crippen molar-refractivity contribution in [3.8, 4) is 5.75 Å². The van der Waals surface area contributed by atoms with Crippen LogP contribution in [-0.4, -0.2) is 43.7 Å². The first-order valence-corrected chi connectivity index (χ1v) is 7.63. The number of methoxy groups -OCH3 is 1. The zero-order valence-electron chi connectivity index (χ0n) is 13.9. The molecule has 1 aromatic rings. The molecular weight excluding hydrogens is 280 g/mol. The number of hydrogen-bond donors (Lipinski definition) is 1. The van der Waals surface area contributed by atoms with Crippen LogP contribution in [0.15, 0.2) is 12.1 Å². The van der Waals surface area contributed by atoms with Crippen molar-refractivity contribution in [3.63, 3.8) is 0 Å². The molecule has 5 heteroatoms. The molecule has 0 radical (unpaired) electrons. The zero-order valence-corrected chi connectivity index (χ0v) is 13.9. The maximum atomic E-state index is 12.6. The standard InChI is InChI=1S/C17H26N2O3/c1-12-9-14(10-13(2)15(12)21-4)11-19(3)16(20)17(18)5-7-22-8-6-17/h9-10H,5-8,11,18H2,1-4H3. The van der Waals surface area contributed by atoms with Gasteiger partial charge in [0.05, 0.1) is 12.6 Å². The summed E-state index contributed by atoms with van der Waals surface area (Å²) < 4.78 is 10.7. The predicted octanol–water partition coefficient (Wildman–Crippen LogP) is 1.78. The minimum Gasteiger partial charge on any atom is -0.496 e. The molecule has 1 amide bonds. The van der Waals surface area contributed by atoms with E-state index in [1.807, 2.05) is 13.8 Å². The summed E-state index contributed by atoms with van der Waals surface area (Å²) in [5.41, 5.74) is 8.72. The highest BCUT2D eigenvalue weighted by Gasteiger charge is 2.37. The molecule has 0 bridgehead atoms. The van der Waals surface area contributed by atoms with Crippen molar-refractivity contribution in [2.45, 2.75) is 38.8 Å². The van der Waals surface area contributed by atoms with Gasteiger partial charge in [-0.3, -0.25) is 4.79 Å². The minimum atomic E-state index is -0.788. The zero-order chi connectivity index (χ0) is 16.3. The van der Waals surface area contributed by atoms with Crippen LogP contribution >= 0.6 is 0 Å². The van der Waals surface area contributed by atoms with E-state index in [0.717, 1.165) is 22.4 Å². The molecule has 1 aromatic carbocycles. The Morgan fingerprint density at radius 3 is 2.36 bits per heavy atom. The summed E-state index contributed by atoms with van der Waals surface area (Å²) in [6.45, 7) is 5.68. The van der Waals surface area contributed by atoms with Crippen molar-refractivity contribution in [2.75, 3.05) is 27.4 Å². The second-order valence-electron chi connectivity index (χ2n) is 6.19. The highest BCUT2D eigenvalue weighted by Crippen LogP contribution is 2.26. The molecule has 0 atom stereocenters. The number of aryl methyl sites for hydroxylation is 2. The Morgan fingerprint density at radius 1 is 1.32 bits per heavy atom.